The summed E-state index contributed by atoms with van der Waals surface area (Å²) >= 11 is 1.77. The Morgan fingerprint density at radius 2 is 2.30 bits per heavy atom. The van der Waals surface area contributed by atoms with Crippen molar-refractivity contribution in [2.45, 2.75) is 17.0 Å². The third-order valence-corrected chi connectivity index (χ3v) is 4.56. The molecule has 0 saturated heterocycles. The summed E-state index contributed by atoms with van der Waals surface area (Å²) in [5, 5.41) is 4.20. The monoisotopic (exact) mass is 291 g/mol. The Bertz CT molecular complexity index is 614. The standard InChI is InChI=1S/C14H17N3O2S/c1-17-14(10(18-2)7-16-17)13(15)11-8-20-12-6-4-3-5-9(12)19-11/h3-7,11,13H,8,15H2,1-2H3. The van der Waals surface area contributed by atoms with E-state index in [0.29, 0.717) is 5.75 Å². The second kappa shape index (κ2) is 5.38. The molecule has 3 rings (SSSR count). The third kappa shape index (κ3) is 2.25. The number of nitrogens with zero attached hydrogens (tertiary/aromatic N) is 2. The molecule has 0 aliphatic carbocycles. The molecule has 2 unspecified atom stereocenters. The van der Waals surface area contributed by atoms with E-state index < -0.39 is 0 Å². The second-order valence-corrected chi connectivity index (χ2v) is 5.72. The van der Waals surface area contributed by atoms with Crippen LogP contribution in [0.2, 0.25) is 0 Å². The highest BCUT2D eigenvalue weighted by atomic mass is 32.2. The number of thioether (sulfide) groups is 1. The topological polar surface area (TPSA) is 62.3 Å². The molecule has 20 heavy (non-hydrogen) atoms. The SMILES string of the molecule is COc1cnn(C)c1C(N)C1CSc2ccccc2O1. The lowest BCUT2D eigenvalue weighted by Crippen LogP contribution is -2.36. The van der Waals surface area contributed by atoms with Crippen molar-refractivity contribution in [3.05, 3.63) is 36.2 Å². The first-order valence-electron chi connectivity index (χ1n) is 6.40. The molecule has 0 saturated carbocycles. The van der Waals surface area contributed by atoms with E-state index in [0.717, 1.165) is 22.1 Å². The van der Waals surface area contributed by atoms with Crippen LogP contribution in [0.4, 0.5) is 0 Å². The van der Waals surface area contributed by atoms with Crippen molar-refractivity contribution in [3.8, 4) is 11.5 Å². The van der Waals surface area contributed by atoms with Gasteiger partial charge < -0.3 is 15.2 Å². The Morgan fingerprint density at radius 3 is 3.10 bits per heavy atom. The number of ether oxygens (including phenoxy) is 2. The maximum Gasteiger partial charge on any atom is 0.161 e. The molecule has 2 atom stereocenters. The maximum absolute atomic E-state index is 6.37. The number of para-hydroxylation sites is 1. The van der Waals surface area contributed by atoms with Crippen molar-refractivity contribution in [1.82, 2.24) is 9.78 Å². The van der Waals surface area contributed by atoms with Gasteiger partial charge in [0.05, 0.1) is 19.3 Å². The molecule has 1 aromatic carbocycles. The largest absolute Gasteiger partial charge is 0.493 e. The van der Waals surface area contributed by atoms with E-state index in [9.17, 15) is 0 Å². The van der Waals surface area contributed by atoms with Crippen LogP contribution in [-0.4, -0.2) is 28.7 Å². The maximum atomic E-state index is 6.37. The molecule has 1 aromatic heterocycles. The number of fused-ring (bicyclic) bond motifs is 1. The van der Waals surface area contributed by atoms with Crippen LogP contribution in [0.15, 0.2) is 35.4 Å². The molecule has 2 N–H and O–H groups in total. The van der Waals surface area contributed by atoms with Crippen LogP contribution in [0.5, 0.6) is 11.5 Å². The van der Waals surface area contributed by atoms with Gasteiger partial charge in [-0.1, -0.05) is 12.1 Å². The molecular formula is C14H17N3O2S. The smallest absolute Gasteiger partial charge is 0.161 e. The summed E-state index contributed by atoms with van der Waals surface area (Å²) in [5.74, 6) is 2.41. The number of hydrogen-bond acceptors (Lipinski definition) is 5. The summed E-state index contributed by atoms with van der Waals surface area (Å²) in [6.07, 6.45) is 1.58. The van der Waals surface area contributed by atoms with E-state index in [2.05, 4.69) is 11.2 Å². The lowest BCUT2D eigenvalue weighted by Gasteiger charge is -2.30. The number of methoxy groups -OCH3 is 1. The van der Waals surface area contributed by atoms with Gasteiger partial charge in [-0.05, 0) is 12.1 Å². The lowest BCUT2D eigenvalue weighted by molar-refractivity contribution is 0.180. The fourth-order valence-corrected chi connectivity index (χ4v) is 3.41. The Labute approximate surface area is 122 Å². The van der Waals surface area contributed by atoms with E-state index in [1.165, 1.54) is 0 Å². The van der Waals surface area contributed by atoms with Crippen molar-refractivity contribution in [2.24, 2.45) is 12.8 Å². The van der Waals surface area contributed by atoms with Crippen molar-refractivity contribution in [1.29, 1.82) is 0 Å². The fourth-order valence-electron chi connectivity index (χ4n) is 2.35. The van der Waals surface area contributed by atoms with E-state index in [4.69, 9.17) is 15.2 Å². The summed E-state index contributed by atoms with van der Waals surface area (Å²) < 4.78 is 13.1. The number of rotatable bonds is 3. The Morgan fingerprint density at radius 1 is 1.50 bits per heavy atom. The number of nitrogens with two attached hydrogens (primary N) is 1. The Hall–Kier alpha value is -1.66. The molecule has 0 fully saturated rings. The van der Waals surface area contributed by atoms with E-state index in [1.54, 1.807) is 29.8 Å². The van der Waals surface area contributed by atoms with Crippen LogP contribution in [0.25, 0.3) is 0 Å². The molecule has 0 spiro atoms. The third-order valence-electron chi connectivity index (χ3n) is 3.42. The van der Waals surface area contributed by atoms with Gasteiger partial charge in [0.2, 0.25) is 0 Å². The van der Waals surface area contributed by atoms with Crippen LogP contribution < -0.4 is 15.2 Å². The van der Waals surface area contributed by atoms with Gasteiger partial charge in [-0.15, -0.1) is 11.8 Å². The fraction of sp³-hybridized carbons (Fsp3) is 0.357. The van der Waals surface area contributed by atoms with Gasteiger partial charge in [0.1, 0.15) is 17.5 Å². The minimum absolute atomic E-state index is 0.0980. The lowest BCUT2D eigenvalue weighted by atomic mass is 10.1. The van der Waals surface area contributed by atoms with Gasteiger partial charge in [0.15, 0.2) is 5.75 Å². The van der Waals surface area contributed by atoms with Crippen molar-refractivity contribution < 1.29 is 9.47 Å². The van der Waals surface area contributed by atoms with Gasteiger partial charge in [-0.3, -0.25) is 4.68 Å². The highest BCUT2D eigenvalue weighted by molar-refractivity contribution is 7.99. The molecule has 2 heterocycles. The number of aromatic nitrogens is 2. The summed E-state index contributed by atoms with van der Waals surface area (Å²) in [6.45, 7) is 0. The van der Waals surface area contributed by atoms with Gasteiger partial charge >= 0.3 is 0 Å². The first-order chi connectivity index (χ1) is 9.70. The summed E-state index contributed by atoms with van der Waals surface area (Å²) in [4.78, 5) is 1.16. The number of benzene rings is 1. The summed E-state index contributed by atoms with van der Waals surface area (Å²) in [6, 6.07) is 7.74. The van der Waals surface area contributed by atoms with Gasteiger partial charge in [0, 0.05) is 17.7 Å². The average molecular weight is 291 g/mol. The highest BCUT2D eigenvalue weighted by Gasteiger charge is 2.30. The molecule has 2 aromatic rings. The van der Waals surface area contributed by atoms with Crippen molar-refractivity contribution >= 4 is 11.8 Å². The van der Waals surface area contributed by atoms with Crippen LogP contribution in [0.3, 0.4) is 0 Å². The molecule has 1 aliphatic rings. The minimum atomic E-state index is -0.279. The molecule has 5 nitrogen and oxygen atoms in total. The zero-order valence-corrected chi connectivity index (χ0v) is 12.3. The van der Waals surface area contributed by atoms with Gasteiger partial charge in [0.25, 0.3) is 0 Å². The van der Waals surface area contributed by atoms with Crippen LogP contribution >= 0.6 is 11.8 Å². The molecule has 0 bridgehead atoms. The zero-order chi connectivity index (χ0) is 14.1. The second-order valence-electron chi connectivity index (χ2n) is 4.66. The predicted molar refractivity (Wildman–Crippen MR) is 78.3 cm³/mol. The van der Waals surface area contributed by atoms with Gasteiger partial charge in [-0.25, -0.2) is 0 Å². The van der Waals surface area contributed by atoms with E-state index in [1.807, 2.05) is 25.2 Å². The molecule has 0 radical (unpaired) electrons. The quantitative estimate of drug-likeness (QED) is 0.937. The van der Waals surface area contributed by atoms with Crippen LogP contribution in [0, 0.1) is 0 Å². The summed E-state index contributed by atoms with van der Waals surface area (Å²) in [7, 11) is 3.49. The first-order valence-corrected chi connectivity index (χ1v) is 7.39. The zero-order valence-electron chi connectivity index (χ0n) is 11.4. The molecular weight excluding hydrogens is 274 g/mol. The van der Waals surface area contributed by atoms with Gasteiger partial charge in [-0.2, -0.15) is 5.10 Å². The highest BCUT2D eigenvalue weighted by Crippen LogP contribution is 2.38. The molecule has 1 aliphatic heterocycles. The molecule has 6 heteroatoms. The predicted octanol–water partition coefficient (Wildman–Crippen LogP) is 1.98. The normalized spacial score (nSPS) is 19.1. The van der Waals surface area contributed by atoms with Crippen molar-refractivity contribution in [3.63, 3.8) is 0 Å². The Kier molecular flexibility index (Phi) is 3.58. The first kappa shape index (κ1) is 13.3. The Balaban J connectivity index is 1.85. The van der Waals surface area contributed by atoms with E-state index in [-0.39, 0.29) is 12.1 Å². The van der Waals surface area contributed by atoms with Crippen LogP contribution in [0.1, 0.15) is 11.7 Å². The van der Waals surface area contributed by atoms with E-state index >= 15 is 0 Å². The molecule has 106 valence electrons. The number of hydrogen-bond donors (Lipinski definition) is 1. The average Bonchev–Trinajstić information content (AvgIpc) is 2.87. The minimum Gasteiger partial charge on any atom is -0.493 e. The van der Waals surface area contributed by atoms with Crippen LogP contribution in [-0.2, 0) is 7.05 Å². The molecule has 0 amide bonds. The summed E-state index contributed by atoms with van der Waals surface area (Å²) in [5.41, 5.74) is 7.23. The van der Waals surface area contributed by atoms with Crippen molar-refractivity contribution in [2.75, 3.05) is 12.9 Å². The number of aryl methyl sites for hydroxylation is 1.